The molecule has 9 heteroatoms. The van der Waals surface area contributed by atoms with E-state index in [-0.39, 0.29) is 29.2 Å². The summed E-state index contributed by atoms with van der Waals surface area (Å²) in [6.45, 7) is 7.04. The van der Waals surface area contributed by atoms with Gasteiger partial charge in [-0.05, 0) is 38.3 Å². The first-order chi connectivity index (χ1) is 13.6. The first kappa shape index (κ1) is 21.3. The van der Waals surface area contributed by atoms with Gasteiger partial charge in [0.1, 0.15) is 17.8 Å². The number of aryl methyl sites for hydroxylation is 1. The highest BCUT2D eigenvalue weighted by Crippen LogP contribution is 2.25. The molecule has 3 amide bonds. The molecule has 3 heterocycles. The number of hydrogen-bond acceptors (Lipinski definition) is 5. The number of fused-ring (bicyclic) bond motifs is 1. The molecule has 3 rings (SSSR count). The van der Waals surface area contributed by atoms with Crippen LogP contribution in [0.2, 0.25) is 0 Å². The highest BCUT2D eigenvalue weighted by molar-refractivity contribution is 5.98. The lowest BCUT2D eigenvalue weighted by atomic mass is 9.92. The van der Waals surface area contributed by atoms with Crippen LogP contribution in [0.25, 0.3) is 0 Å². The third-order valence-corrected chi connectivity index (χ3v) is 5.66. The number of amides is 3. The van der Waals surface area contributed by atoms with Crippen molar-refractivity contribution in [2.45, 2.75) is 70.0 Å². The number of piperazine rings is 1. The van der Waals surface area contributed by atoms with E-state index in [1.165, 1.54) is 0 Å². The van der Waals surface area contributed by atoms with Crippen molar-refractivity contribution in [1.29, 1.82) is 0 Å². The standard InChI is InChI=1S/C20H32N6O3/c1-20(2,3)16-10-14(25(4)24-16)17(27)22-12-9-15-18(28)23-13(7-5-6-8-21)19(29)26(15)11-12/h10,12-13,15H,5-9,11,21H2,1-4H3,(H,22,27)(H,23,28)/t12-,13-,15-/m0/s1. The Morgan fingerprint density at radius 3 is 2.69 bits per heavy atom. The zero-order valence-electron chi connectivity index (χ0n) is 17.7. The Hall–Kier alpha value is -2.42. The SMILES string of the molecule is Cn1nc(C(C)(C)C)cc1C(=O)N[C@H]1C[C@H]2C(=O)N[C@@H](CCCCN)C(=O)N2C1. The highest BCUT2D eigenvalue weighted by atomic mass is 16.2. The molecule has 0 saturated carbocycles. The van der Waals surface area contributed by atoms with Crippen LogP contribution in [0.5, 0.6) is 0 Å². The van der Waals surface area contributed by atoms with Crippen molar-refractivity contribution in [3.63, 3.8) is 0 Å². The predicted octanol–water partition coefficient (Wildman–Crippen LogP) is 0.0443. The van der Waals surface area contributed by atoms with Crippen molar-refractivity contribution in [2.24, 2.45) is 12.8 Å². The number of rotatable bonds is 6. The predicted molar refractivity (Wildman–Crippen MR) is 108 cm³/mol. The molecule has 2 aliphatic heterocycles. The number of carbonyl (C=O) groups excluding carboxylic acids is 3. The molecule has 0 unspecified atom stereocenters. The maximum absolute atomic E-state index is 12.8. The number of aromatic nitrogens is 2. The Morgan fingerprint density at radius 1 is 1.34 bits per heavy atom. The summed E-state index contributed by atoms with van der Waals surface area (Å²) in [5, 5.41) is 10.2. The number of nitrogens with zero attached hydrogens (tertiary/aromatic N) is 3. The second-order valence-electron chi connectivity index (χ2n) is 9.05. The van der Waals surface area contributed by atoms with E-state index >= 15 is 0 Å². The average Bonchev–Trinajstić information content (AvgIpc) is 3.23. The Labute approximate surface area is 171 Å². The number of nitrogens with two attached hydrogens (primary N) is 1. The molecule has 2 fully saturated rings. The Balaban J connectivity index is 1.65. The Bertz CT molecular complexity index is 797. The van der Waals surface area contributed by atoms with Crippen molar-refractivity contribution in [3.8, 4) is 0 Å². The van der Waals surface area contributed by atoms with Gasteiger partial charge >= 0.3 is 0 Å². The van der Waals surface area contributed by atoms with Crippen molar-refractivity contribution < 1.29 is 14.4 Å². The Morgan fingerprint density at radius 2 is 2.07 bits per heavy atom. The van der Waals surface area contributed by atoms with Gasteiger partial charge in [-0.15, -0.1) is 0 Å². The van der Waals surface area contributed by atoms with Gasteiger partial charge in [0.15, 0.2) is 0 Å². The molecular formula is C20H32N6O3. The van der Waals surface area contributed by atoms with Gasteiger partial charge in [-0.1, -0.05) is 20.8 Å². The quantitative estimate of drug-likeness (QED) is 0.578. The molecular weight excluding hydrogens is 372 g/mol. The maximum Gasteiger partial charge on any atom is 0.269 e. The summed E-state index contributed by atoms with van der Waals surface area (Å²) in [5.41, 5.74) is 6.66. The summed E-state index contributed by atoms with van der Waals surface area (Å²) >= 11 is 0. The molecule has 4 N–H and O–H groups in total. The van der Waals surface area contributed by atoms with Crippen LogP contribution in [-0.4, -0.2) is 63.6 Å². The monoisotopic (exact) mass is 404 g/mol. The summed E-state index contributed by atoms with van der Waals surface area (Å²) in [7, 11) is 1.74. The zero-order valence-corrected chi connectivity index (χ0v) is 17.7. The van der Waals surface area contributed by atoms with Crippen molar-refractivity contribution >= 4 is 17.7 Å². The summed E-state index contributed by atoms with van der Waals surface area (Å²) < 4.78 is 1.57. The van der Waals surface area contributed by atoms with Crippen LogP contribution in [0, 0.1) is 0 Å². The summed E-state index contributed by atoms with van der Waals surface area (Å²) in [4.78, 5) is 39.6. The smallest absolute Gasteiger partial charge is 0.269 e. The highest BCUT2D eigenvalue weighted by Gasteiger charge is 2.46. The molecule has 2 saturated heterocycles. The number of unbranched alkanes of at least 4 members (excludes halogenated alkanes) is 1. The lowest BCUT2D eigenvalue weighted by molar-refractivity contribution is -0.147. The van der Waals surface area contributed by atoms with Crippen LogP contribution >= 0.6 is 0 Å². The van der Waals surface area contributed by atoms with Crippen molar-refractivity contribution in [1.82, 2.24) is 25.3 Å². The fraction of sp³-hybridized carbons (Fsp3) is 0.700. The molecule has 9 nitrogen and oxygen atoms in total. The minimum atomic E-state index is -0.518. The van der Waals surface area contributed by atoms with E-state index in [2.05, 4.69) is 15.7 Å². The second kappa shape index (κ2) is 8.14. The molecule has 2 aliphatic rings. The average molecular weight is 405 g/mol. The van der Waals surface area contributed by atoms with Crippen molar-refractivity contribution in [2.75, 3.05) is 13.1 Å². The van der Waals surface area contributed by atoms with Crippen LogP contribution in [0.4, 0.5) is 0 Å². The van der Waals surface area contributed by atoms with Gasteiger partial charge in [0.25, 0.3) is 5.91 Å². The van der Waals surface area contributed by atoms with Gasteiger partial charge in [0.2, 0.25) is 11.8 Å². The third kappa shape index (κ3) is 4.44. The lowest BCUT2D eigenvalue weighted by Gasteiger charge is -2.34. The van der Waals surface area contributed by atoms with E-state index in [1.54, 1.807) is 22.7 Å². The van der Waals surface area contributed by atoms with E-state index in [9.17, 15) is 14.4 Å². The van der Waals surface area contributed by atoms with Crippen LogP contribution in [0.15, 0.2) is 6.07 Å². The lowest BCUT2D eigenvalue weighted by Crippen LogP contribution is -2.61. The van der Waals surface area contributed by atoms with E-state index in [0.29, 0.717) is 31.6 Å². The van der Waals surface area contributed by atoms with E-state index in [4.69, 9.17) is 5.73 Å². The van der Waals surface area contributed by atoms with Crippen LogP contribution in [0.3, 0.4) is 0 Å². The number of carbonyl (C=O) groups is 3. The summed E-state index contributed by atoms with van der Waals surface area (Å²) in [6, 6.07) is 0.516. The number of hydrogen-bond donors (Lipinski definition) is 3. The minimum Gasteiger partial charge on any atom is -0.346 e. The fourth-order valence-electron chi connectivity index (χ4n) is 3.96. The fourth-order valence-corrected chi connectivity index (χ4v) is 3.96. The zero-order chi connectivity index (χ0) is 21.3. The molecule has 0 aliphatic carbocycles. The second-order valence-corrected chi connectivity index (χ2v) is 9.05. The van der Waals surface area contributed by atoms with Gasteiger partial charge in [0, 0.05) is 25.0 Å². The van der Waals surface area contributed by atoms with E-state index < -0.39 is 12.1 Å². The van der Waals surface area contributed by atoms with Gasteiger partial charge in [-0.25, -0.2) is 0 Å². The van der Waals surface area contributed by atoms with Gasteiger partial charge < -0.3 is 21.3 Å². The van der Waals surface area contributed by atoms with Crippen LogP contribution < -0.4 is 16.4 Å². The van der Waals surface area contributed by atoms with Crippen molar-refractivity contribution in [3.05, 3.63) is 17.5 Å². The molecule has 1 aromatic rings. The van der Waals surface area contributed by atoms with E-state index in [1.807, 2.05) is 20.8 Å². The maximum atomic E-state index is 12.8. The minimum absolute atomic E-state index is 0.0704. The van der Waals surface area contributed by atoms with Crippen LogP contribution in [0.1, 0.15) is 62.6 Å². The number of nitrogens with one attached hydrogen (secondary N) is 2. The summed E-state index contributed by atoms with van der Waals surface area (Å²) in [5.74, 6) is -0.457. The molecule has 1 aromatic heterocycles. The van der Waals surface area contributed by atoms with Gasteiger partial charge in [-0.2, -0.15) is 5.10 Å². The molecule has 29 heavy (non-hydrogen) atoms. The molecule has 0 aromatic carbocycles. The largest absolute Gasteiger partial charge is 0.346 e. The molecule has 160 valence electrons. The van der Waals surface area contributed by atoms with E-state index in [0.717, 1.165) is 18.5 Å². The molecule has 0 radical (unpaired) electrons. The summed E-state index contributed by atoms with van der Waals surface area (Å²) in [6.07, 6.45) is 2.63. The van der Waals surface area contributed by atoms with Gasteiger partial charge in [0.05, 0.1) is 5.69 Å². The topological polar surface area (TPSA) is 122 Å². The molecule has 0 spiro atoms. The Kier molecular flexibility index (Phi) is 5.97. The third-order valence-electron chi connectivity index (χ3n) is 5.66. The first-order valence-electron chi connectivity index (χ1n) is 10.3. The molecule has 3 atom stereocenters. The molecule has 0 bridgehead atoms. The first-order valence-corrected chi connectivity index (χ1v) is 10.3. The van der Waals surface area contributed by atoms with Gasteiger partial charge in [-0.3, -0.25) is 19.1 Å². The van der Waals surface area contributed by atoms with Crippen LogP contribution in [-0.2, 0) is 22.1 Å². The normalized spacial score (nSPS) is 24.4.